The Morgan fingerprint density at radius 2 is 2.09 bits per heavy atom. The van der Waals surface area contributed by atoms with Gasteiger partial charge in [0.2, 0.25) is 10.3 Å². The standard InChI is InChI=1S/C16H13NO5S/c18-10-4-6-12-5-3-7-13(11-12)17(16(19)20)14-8-1-2-9-15(14)23(21)22/h1-3,5,7-9,11,14,18H,10H2,(H,19,20). The van der Waals surface area contributed by atoms with Gasteiger partial charge in [0.25, 0.3) is 0 Å². The highest BCUT2D eigenvalue weighted by atomic mass is 32.2. The predicted molar refractivity (Wildman–Crippen MR) is 86.9 cm³/mol. The number of benzene rings is 1. The summed E-state index contributed by atoms with van der Waals surface area (Å²) in [4.78, 5) is 12.6. The van der Waals surface area contributed by atoms with E-state index in [0.29, 0.717) is 5.56 Å². The summed E-state index contributed by atoms with van der Waals surface area (Å²) in [5.74, 6) is 5.16. The van der Waals surface area contributed by atoms with Crippen LogP contribution in [0.5, 0.6) is 0 Å². The first-order chi connectivity index (χ1) is 11.0. The molecule has 0 fully saturated rings. The summed E-state index contributed by atoms with van der Waals surface area (Å²) >= 11 is 0. The second kappa shape index (κ2) is 7.45. The first-order valence-corrected chi connectivity index (χ1v) is 7.65. The summed E-state index contributed by atoms with van der Waals surface area (Å²) in [6.07, 6.45) is 4.69. The Morgan fingerprint density at radius 1 is 1.30 bits per heavy atom. The number of amides is 1. The monoisotopic (exact) mass is 331 g/mol. The molecule has 0 saturated carbocycles. The van der Waals surface area contributed by atoms with Gasteiger partial charge >= 0.3 is 6.09 Å². The molecule has 0 spiro atoms. The molecule has 1 unspecified atom stereocenters. The van der Waals surface area contributed by atoms with E-state index in [9.17, 15) is 18.3 Å². The molecule has 1 atom stereocenters. The molecule has 0 saturated heterocycles. The zero-order valence-corrected chi connectivity index (χ0v) is 12.7. The third-order valence-electron chi connectivity index (χ3n) is 3.07. The van der Waals surface area contributed by atoms with Crippen LogP contribution in [0.4, 0.5) is 10.5 Å². The van der Waals surface area contributed by atoms with E-state index >= 15 is 0 Å². The highest BCUT2D eigenvalue weighted by Crippen LogP contribution is 2.22. The molecule has 2 N–H and O–H groups in total. The summed E-state index contributed by atoms with van der Waals surface area (Å²) in [5.41, 5.74) is 0.804. The lowest BCUT2D eigenvalue weighted by Crippen LogP contribution is -2.44. The van der Waals surface area contributed by atoms with Gasteiger partial charge in [-0.25, -0.2) is 4.79 Å². The lowest BCUT2D eigenvalue weighted by molar-refractivity contribution is 0.201. The van der Waals surface area contributed by atoms with Crippen LogP contribution in [0, 0.1) is 11.8 Å². The third kappa shape index (κ3) is 3.88. The van der Waals surface area contributed by atoms with Crippen molar-refractivity contribution in [2.75, 3.05) is 11.5 Å². The summed E-state index contributed by atoms with van der Waals surface area (Å²) < 4.78 is 22.7. The lowest BCUT2D eigenvalue weighted by atomic mass is 10.1. The maximum Gasteiger partial charge on any atom is 0.412 e. The molecule has 6 nitrogen and oxygen atoms in total. The molecular weight excluding hydrogens is 318 g/mol. The molecule has 23 heavy (non-hydrogen) atoms. The molecule has 0 aliphatic heterocycles. The van der Waals surface area contributed by atoms with Gasteiger partial charge in [0.1, 0.15) is 6.61 Å². The number of hydrogen-bond donors (Lipinski definition) is 2. The minimum atomic E-state index is -2.54. The fraction of sp³-hybridized carbons (Fsp3) is 0.125. The van der Waals surface area contributed by atoms with Crippen molar-refractivity contribution >= 4 is 26.9 Å². The topological polar surface area (TPSA) is 94.9 Å². The van der Waals surface area contributed by atoms with E-state index in [1.165, 1.54) is 24.3 Å². The van der Waals surface area contributed by atoms with Gasteiger partial charge < -0.3 is 10.2 Å². The molecule has 0 heterocycles. The fourth-order valence-corrected chi connectivity index (χ4v) is 2.72. The SMILES string of the molecule is O=C(O)N(c1cccc(C#CCO)c1)C1C=CC=CC1=S(=O)=O. The van der Waals surface area contributed by atoms with E-state index in [4.69, 9.17) is 5.11 Å². The number of aliphatic hydroxyl groups excluding tert-OH is 1. The van der Waals surface area contributed by atoms with Crippen LogP contribution in [0.25, 0.3) is 0 Å². The number of allylic oxidation sites excluding steroid dienone is 2. The molecule has 0 bridgehead atoms. The van der Waals surface area contributed by atoms with Crippen LogP contribution in [0.2, 0.25) is 0 Å². The highest BCUT2D eigenvalue weighted by Gasteiger charge is 2.28. The zero-order chi connectivity index (χ0) is 16.8. The fourth-order valence-electron chi connectivity index (χ4n) is 2.15. The van der Waals surface area contributed by atoms with E-state index in [2.05, 4.69) is 11.8 Å². The van der Waals surface area contributed by atoms with Gasteiger partial charge in [-0.2, -0.15) is 8.42 Å². The Morgan fingerprint density at radius 3 is 2.74 bits per heavy atom. The minimum absolute atomic E-state index is 0.0401. The summed E-state index contributed by atoms with van der Waals surface area (Å²) in [5, 5.41) is 18.3. The van der Waals surface area contributed by atoms with Crippen LogP contribution in [0.15, 0.2) is 48.6 Å². The molecule has 0 aromatic heterocycles. The first kappa shape index (κ1) is 16.5. The highest BCUT2D eigenvalue weighted by molar-refractivity contribution is 7.73. The number of carbonyl (C=O) groups is 1. The van der Waals surface area contributed by atoms with Crippen molar-refractivity contribution in [3.8, 4) is 11.8 Å². The van der Waals surface area contributed by atoms with Crippen LogP contribution in [0.1, 0.15) is 5.56 Å². The number of aliphatic hydroxyl groups is 1. The van der Waals surface area contributed by atoms with Crippen molar-refractivity contribution in [3.05, 3.63) is 54.1 Å². The molecule has 1 aromatic rings. The van der Waals surface area contributed by atoms with E-state index in [1.54, 1.807) is 24.3 Å². The van der Waals surface area contributed by atoms with Crippen LogP contribution in [0.3, 0.4) is 0 Å². The average Bonchev–Trinajstić information content (AvgIpc) is 2.53. The van der Waals surface area contributed by atoms with E-state index in [1.807, 2.05) is 0 Å². The average molecular weight is 331 g/mol. The Balaban J connectivity index is 2.52. The van der Waals surface area contributed by atoms with Crippen LogP contribution in [-0.2, 0) is 10.3 Å². The number of hydrogen-bond acceptors (Lipinski definition) is 4. The zero-order valence-electron chi connectivity index (χ0n) is 11.9. The number of anilines is 1. The number of rotatable bonds is 2. The van der Waals surface area contributed by atoms with Gasteiger partial charge in [0.05, 0.1) is 10.9 Å². The molecule has 1 aromatic carbocycles. The Kier molecular flexibility index (Phi) is 5.36. The maximum absolute atomic E-state index is 11.7. The molecular formula is C16H13NO5S. The van der Waals surface area contributed by atoms with Gasteiger partial charge in [-0.15, -0.1) is 0 Å². The van der Waals surface area contributed by atoms with Gasteiger partial charge in [-0.05, 0) is 24.3 Å². The summed E-state index contributed by atoms with van der Waals surface area (Å²) in [6.45, 7) is -0.309. The van der Waals surface area contributed by atoms with Crippen molar-refractivity contribution in [2.45, 2.75) is 6.04 Å². The summed E-state index contributed by atoms with van der Waals surface area (Å²) in [7, 11) is -2.54. The molecule has 118 valence electrons. The van der Waals surface area contributed by atoms with Gasteiger partial charge in [0, 0.05) is 11.3 Å². The van der Waals surface area contributed by atoms with Crippen LogP contribution >= 0.6 is 0 Å². The van der Waals surface area contributed by atoms with Crippen molar-refractivity contribution in [3.63, 3.8) is 0 Å². The van der Waals surface area contributed by atoms with Crippen molar-refractivity contribution in [2.24, 2.45) is 0 Å². The Labute approximate surface area is 134 Å². The molecule has 2 rings (SSSR count). The first-order valence-electron chi connectivity index (χ1n) is 6.57. The normalized spacial score (nSPS) is 15.7. The smallest absolute Gasteiger partial charge is 0.412 e. The maximum atomic E-state index is 11.7. The second-order valence-corrected chi connectivity index (χ2v) is 5.43. The van der Waals surface area contributed by atoms with Crippen LogP contribution in [-0.4, -0.2) is 42.2 Å². The largest absolute Gasteiger partial charge is 0.465 e. The van der Waals surface area contributed by atoms with E-state index < -0.39 is 22.4 Å². The number of nitrogens with zero attached hydrogens (tertiary/aromatic N) is 1. The van der Waals surface area contributed by atoms with Gasteiger partial charge in [0.15, 0.2) is 0 Å². The molecule has 1 aliphatic carbocycles. The second-order valence-electron chi connectivity index (χ2n) is 4.49. The molecule has 7 heteroatoms. The quantitative estimate of drug-likeness (QED) is 0.624. The van der Waals surface area contributed by atoms with Gasteiger partial charge in [-0.3, -0.25) is 4.90 Å². The van der Waals surface area contributed by atoms with Crippen LogP contribution < -0.4 is 4.90 Å². The van der Waals surface area contributed by atoms with E-state index in [-0.39, 0.29) is 17.2 Å². The molecule has 1 aliphatic rings. The Bertz CT molecular complexity index is 863. The predicted octanol–water partition coefficient (Wildman–Crippen LogP) is 1.06. The van der Waals surface area contributed by atoms with Crippen molar-refractivity contribution < 1.29 is 23.4 Å². The van der Waals surface area contributed by atoms with Gasteiger partial charge in [-0.1, -0.05) is 36.1 Å². The lowest BCUT2D eigenvalue weighted by Gasteiger charge is -2.27. The molecule has 0 radical (unpaired) electrons. The minimum Gasteiger partial charge on any atom is -0.465 e. The third-order valence-corrected chi connectivity index (χ3v) is 3.83. The Hall–Kier alpha value is -2.82. The van der Waals surface area contributed by atoms with Crippen molar-refractivity contribution in [1.82, 2.24) is 0 Å². The van der Waals surface area contributed by atoms with E-state index in [0.717, 1.165) is 4.90 Å². The molecule has 1 amide bonds. The number of carboxylic acid groups (broad SMARTS) is 1. The van der Waals surface area contributed by atoms with Crippen molar-refractivity contribution in [1.29, 1.82) is 0 Å². The summed E-state index contributed by atoms with van der Waals surface area (Å²) in [6, 6.07) is 5.41.